The molecule has 1 aromatic heterocycles. The van der Waals surface area contributed by atoms with Crippen LogP contribution in [0, 0.1) is 17.0 Å². The molecule has 12 heteroatoms. The molecule has 33 heavy (non-hydrogen) atoms. The summed E-state index contributed by atoms with van der Waals surface area (Å²) >= 11 is 6.11. The lowest BCUT2D eigenvalue weighted by Gasteiger charge is -2.17. The van der Waals surface area contributed by atoms with Gasteiger partial charge in [0, 0.05) is 16.5 Å². The average molecular weight is 488 g/mol. The minimum absolute atomic E-state index is 0.0972. The third-order valence-corrected chi connectivity index (χ3v) is 5.01. The van der Waals surface area contributed by atoms with E-state index in [-0.39, 0.29) is 34.2 Å². The summed E-state index contributed by atoms with van der Waals surface area (Å²) in [5, 5.41) is 3.86. The van der Waals surface area contributed by atoms with Crippen LogP contribution in [-0.2, 0) is 12.7 Å². The summed E-state index contributed by atoms with van der Waals surface area (Å²) in [5.41, 5.74) is 2.92. The van der Waals surface area contributed by atoms with Gasteiger partial charge in [-0.2, -0.15) is 17.9 Å². The maximum atomic E-state index is 14.4. The van der Waals surface area contributed by atoms with Gasteiger partial charge in [-0.05, 0) is 30.3 Å². The van der Waals surface area contributed by atoms with Crippen LogP contribution >= 0.6 is 11.6 Å². The van der Waals surface area contributed by atoms with Crippen LogP contribution in [0.15, 0.2) is 40.1 Å². The fraction of sp³-hybridized carbons (Fsp3) is 0.286. The number of amidine groups is 1. The first-order valence-corrected chi connectivity index (χ1v) is 9.91. The first kappa shape index (κ1) is 24.4. The summed E-state index contributed by atoms with van der Waals surface area (Å²) in [6, 6.07) is 4.33. The van der Waals surface area contributed by atoms with Crippen molar-refractivity contribution in [1.82, 2.24) is 14.8 Å². The molecule has 1 heterocycles. The van der Waals surface area contributed by atoms with Crippen molar-refractivity contribution < 1.29 is 22.0 Å². The summed E-state index contributed by atoms with van der Waals surface area (Å²) in [7, 11) is 0. The Bertz CT molecular complexity index is 1290. The summed E-state index contributed by atoms with van der Waals surface area (Å²) in [6.07, 6.45) is -4.96. The lowest BCUT2D eigenvalue weighted by Crippen LogP contribution is -2.29. The van der Waals surface area contributed by atoms with Crippen LogP contribution in [0.25, 0.3) is 17.1 Å². The highest BCUT2D eigenvalue weighted by atomic mass is 35.5. The maximum absolute atomic E-state index is 14.4. The van der Waals surface area contributed by atoms with E-state index in [1.807, 2.05) is 20.8 Å². The highest BCUT2D eigenvalue weighted by Gasteiger charge is 2.34. The molecule has 0 fully saturated rings. The molecule has 3 aromatic rings. The Kier molecular flexibility index (Phi) is 6.38. The lowest BCUT2D eigenvalue weighted by atomic mass is 9.95. The van der Waals surface area contributed by atoms with Crippen LogP contribution in [0.5, 0.6) is 0 Å². The number of alkyl halides is 3. The molecule has 176 valence electrons. The number of aromatic amines is 1. The van der Waals surface area contributed by atoms with E-state index in [0.717, 1.165) is 12.1 Å². The molecule has 0 aliphatic carbocycles. The van der Waals surface area contributed by atoms with Crippen molar-refractivity contribution >= 4 is 17.4 Å². The molecular weight excluding hydrogens is 469 g/mol. The van der Waals surface area contributed by atoms with Gasteiger partial charge in [-0.1, -0.05) is 32.4 Å². The standard InChI is InChI=1S/C21H19ClF5N5O/c1-20(2,3)18(28)29-9-10-6-12(14(22)8-16(10)24)17-30-19(33)32(31-17)11-4-5-15(23)13(7-11)21(25,26)27/h4-8H,9H2,1-3H3,(H2,28,29)(H,30,31,33). The molecule has 0 aliphatic heterocycles. The van der Waals surface area contributed by atoms with Crippen LogP contribution in [0.4, 0.5) is 22.0 Å². The molecule has 0 spiro atoms. The monoisotopic (exact) mass is 487 g/mol. The van der Waals surface area contributed by atoms with E-state index in [4.69, 9.17) is 17.3 Å². The van der Waals surface area contributed by atoms with Crippen molar-refractivity contribution in [3.8, 4) is 17.1 Å². The third-order valence-electron chi connectivity index (χ3n) is 4.70. The first-order valence-electron chi connectivity index (χ1n) is 9.53. The highest BCUT2D eigenvalue weighted by molar-refractivity contribution is 6.33. The van der Waals surface area contributed by atoms with E-state index in [1.54, 1.807) is 0 Å². The van der Waals surface area contributed by atoms with Gasteiger partial charge < -0.3 is 5.73 Å². The molecule has 0 bridgehead atoms. The van der Waals surface area contributed by atoms with Gasteiger partial charge in [0.2, 0.25) is 0 Å². The van der Waals surface area contributed by atoms with Crippen LogP contribution in [-0.4, -0.2) is 20.6 Å². The number of benzene rings is 2. The Morgan fingerprint density at radius 3 is 2.42 bits per heavy atom. The van der Waals surface area contributed by atoms with Gasteiger partial charge in [0.05, 0.1) is 28.7 Å². The van der Waals surface area contributed by atoms with Crippen molar-refractivity contribution in [2.24, 2.45) is 16.1 Å². The zero-order valence-electron chi connectivity index (χ0n) is 17.7. The molecule has 0 saturated carbocycles. The molecule has 6 nitrogen and oxygen atoms in total. The zero-order chi connectivity index (χ0) is 24.7. The van der Waals surface area contributed by atoms with E-state index in [1.165, 1.54) is 6.07 Å². The number of hydrogen-bond acceptors (Lipinski definition) is 3. The molecule has 3 rings (SSSR count). The molecular formula is C21H19ClF5N5O. The van der Waals surface area contributed by atoms with Gasteiger partial charge in [-0.3, -0.25) is 9.98 Å². The number of nitrogens with one attached hydrogen (secondary N) is 1. The second-order valence-corrected chi connectivity index (χ2v) is 8.63. The fourth-order valence-electron chi connectivity index (χ4n) is 2.79. The fourth-order valence-corrected chi connectivity index (χ4v) is 3.03. The second kappa shape index (κ2) is 8.62. The quantitative estimate of drug-likeness (QED) is 0.305. The average Bonchev–Trinajstić information content (AvgIpc) is 3.07. The van der Waals surface area contributed by atoms with E-state index >= 15 is 0 Å². The van der Waals surface area contributed by atoms with Gasteiger partial charge in [-0.15, -0.1) is 5.10 Å². The third kappa shape index (κ3) is 5.24. The Hall–Kier alpha value is -3.21. The summed E-state index contributed by atoms with van der Waals surface area (Å²) in [4.78, 5) is 18.9. The molecule has 3 N–H and O–H groups in total. The van der Waals surface area contributed by atoms with Crippen LogP contribution in [0.1, 0.15) is 31.9 Å². The van der Waals surface area contributed by atoms with Crippen molar-refractivity contribution in [3.05, 3.63) is 68.6 Å². The normalized spacial score (nSPS) is 12.9. The van der Waals surface area contributed by atoms with E-state index in [9.17, 15) is 26.7 Å². The zero-order valence-corrected chi connectivity index (χ0v) is 18.4. The smallest absolute Gasteiger partial charge is 0.387 e. The molecule has 0 unspecified atom stereocenters. The van der Waals surface area contributed by atoms with Crippen LogP contribution in [0.3, 0.4) is 0 Å². The predicted octanol–water partition coefficient (Wildman–Crippen LogP) is 5.08. The number of aliphatic imine (C=N–C) groups is 1. The Morgan fingerprint density at radius 2 is 1.82 bits per heavy atom. The number of nitrogens with zero attached hydrogens (tertiary/aromatic N) is 3. The molecule has 0 atom stereocenters. The number of rotatable bonds is 4. The van der Waals surface area contributed by atoms with Gasteiger partial charge in [0.1, 0.15) is 11.6 Å². The van der Waals surface area contributed by atoms with Crippen molar-refractivity contribution in [1.29, 1.82) is 0 Å². The largest absolute Gasteiger partial charge is 0.419 e. The van der Waals surface area contributed by atoms with E-state index < -0.39 is 34.5 Å². The van der Waals surface area contributed by atoms with Crippen LogP contribution < -0.4 is 11.4 Å². The number of hydrogen-bond donors (Lipinski definition) is 2. The molecule has 2 aromatic carbocycles. The van der Waals surface area contributed by atoms with Crippen molar-refractivity contribution in [2.75, 3.05) is 0 Å². The minimum atomic E-state index is -4.96. The Labute approximate surface area is 189 Å². The van der Waals surface area contributed by atoms with Gasteiger partial charge in [0.15, 0.2) is 5.82 Å². The molecule has 0 radical (unpaired) electrons. The van der Waals surface area contributed by atoms with Gasteiger partial charge >= 0.3 is 11.9 Å². The van der Waals surface area contributed by atoms with E-state index in [0.29, 0.717) is 22.7 Å². The second-order valence-electron chi connectivity index (χ2n) is 8.23. The summed E-state index contributed by atoms with van der Waals surface area (Å²) < 4.78 is 67.7. The van der Waals surface area contributed by atoms with Crippen molar-refractivity contribution in [3.63, 3.8) is 0 Å². The van der Waals surface area contributed by atoms with Gasteiger partial charge in [0.25, 0.3) is 0 Å². The number of H-pyrrole nitrogens is 1. The molecule has 0 aliphatic rings. The topological polar surface area (TPSA) is 89.1 Å². The van der Waals surface area contributed by atoms with E-state index in [2.05, 4.69) is 15.1 Å². The van der Waals surface area contributed by atoms with Gasteiger partial charge in [-0.25, -0.2) is 13.6 Å². The maximum Gasteiger partial charge on any atom is 0.419 e. The lowest BCUT2D eigenvalue weighted by molar-refractivity contribution is -0.140. The minimum Gasteiger partial charge on any atom is -0.387 e. The van der Waals surface area contributed by atoms with Crippen molar-refractivity contribution in [2.45, 2.75) is 33.5 Å². The SMILES string of the molecule is CC(C)(C)C(N)=NCc1cc(-c2nn(-c3ccc(F)c(C(F)(F)F)c3)c(=O)[nH]2)c(Cl)cc1F. The number of aromatic nitrogens is 3. The summed E-state index contributed by atoms with van der Waals surface area (Å²) in [6.45, 7) is 5.41. The Balaban J connectivity index is 2.05. The number of nitrogens with two attached hydrogens (primary N) is 1. The first-order chi connectivity index (χ1) is 15.2. The molecule has 0 saturated heterocycles. The Morgan fingerprint density at radius 1 is 1.15 bits per heavy atom. The highest BCUT2D eigenvalue weighted by Crippen LogP contribution is 2.33. The predicted molar refractivity (Wildman–Crippen MR) is 114 cm³/mol. The molecule has 0 amide bonds. The number of halogens is 6. The van der Waals surface area contributed by atoms with Crippen LogP contribution in [0.2, 0.25) is 5.02 Å². The summed E-state index contributed by atoms with van der Waals surface area (Å²) in [5.74, 6) is -1.98.